The van der Waals surface area contributed by atoms with E-state index in [9.17, 15) is 32.3 Å². The summed E-state index contributed by atoms with van der Waals surface area (Å²) in [4.78, 5) is 38.6. The minimum absolute atomic E-state index is 0.102. The third-order valence-corrected chi connectivity index (χ3v) is 7.55. The van der Waals surface area contributed by atoms with Gasteiger partial charge in [-0.3, -0.25) is 9.71 Å². The van der Waals surface area contributed by atoms with E-state index in [4.69, 9.17) is 9.84 Å². The maximum absolute atomic E-state index is 14.7. The number of amides is 2. The molecule has 15 heteroatoms. The Bertz CT molecular complexity index is 1700. The van der Waals surface area contributed by atoms with E-state index in [2.05, 4.69) is 20.3 Å². The Labute approximate surface area is 217 Å². The molecule has 0 aliphatic carbocycles. The molecule has 38 heavy (non-hydrogen) atoms. The molecule has 0 aliphatic heterocycles. The van der Waals surface area contributed by atoms with Crippen LogP contribution < -0.4 is 20.1 Å². The summed E-state index contributed by atoms with van der Waals surface area (Å²) in [6, 6.07) is 6.95. The third-order valence-electron chi connectivity index (χ3n) is 5.16. The van der Waals surface area contributed by atoms with Gasteiger partial charge >= 0.3 is 18.0 Å². The van der Waals surface area contributed by atoms with Gasteiger partial charge < -0.3 is 25.6 Å². The van der Waals surface area contributed by atoms with Crippen LogP contribution >= 0.6 is 11.3 Å². The second-order valence-electron chi connectivity index (χ2n) is 7.53. The molecule has 196 valence electrons. The van der Waals surface area contributed by atoms with Gasteiger partial charge in [0.25, 0.3) is 10.0 Å². The Morgan fingerprint density at radius 3 is 2.45 bits per heavy atom. The van der Waals surface area contributed by atoms with Crippen molar-refractivity contribution in [2.75, 3.05) is 22.5 Å². The fourth-order valence-electron chi connectivity index (χ4n) is 3.51. The average Bonchev–Trinajstić information content (AvgIpc) is 3.29. The Morgan fingerprint density at radius 1 is 1.03 bits per heavy atom. The number of halogens is 1. The van der Waals surface area contributed by atoms with E-state index in [1.54, 1.807) is 18.2 Å². The summed E-state index contributed by atoms with van der Waals surface area (Å²) in [6.45, 7) is 0. The zero-order valence-corrected chi connectivity index (χ0v) is 20.8. The highest BCUT2D eigenvalue weighted by Gasteiger charge is 2.25. The molecule has 12 nitrogen and oxygen atoms in total. The molecule has 2 amide bonds. The number of aromatic carboxylic acids is 2. The van der Waals surface area contributed by atoms with E-state index in [1.165, 1.54) is 25.6 Å². The first-order valence-electron chi connectivity index (χ1n) is 10.4. The number of carboxylic acids is 2. The first-order chi connectivity index (χ1) is 18.0. The molecule has 0 unspecified atom stereocenters. The Balaban J connectivity index is 1.64. The van der Waals surface area contributed by atoms with Gasteiger partial charge in [-0.25, -0.2) is 27.2 Å². The second kappa shape index (κ2) is 10.3. The van der Waals surface area contributed by atoms with Gasteiger partial charge in [0.2, 0.25) is 0 Å². The van der Waals surface area contributed by atoms with E-state index in [0.29, 0.717) is 22.1 Å². The number of ether oxygens (including phenoxy) is 1. The zero-order valence-electron chi connectivity index (χ0n) is 19.2. The SMILES string of the molecule is COc1cc(F)c(NC(=O)Nc2csc(C(=O)O)c2C(=O)O)cc1NS(=O)(=O)c1cccc2ccncc12. The number of rotatable bonds is 8. The summed E-state index contributed by atoms with van der Waals surface area (Å²) in [5.41, 5.74) is -1.66. The van der Waals surface area contributed by atoms with Crippen molar-refractivity contribution in [3.63, 3.8) is 0 Å². The molecule has 4 aromatic rings. The van der Waals surface area contributed by atoms with Gasteiger partial charge in [0, 0.05) is 29.2 Å². The standard InChI is InChI=1S/C23H17FN4O8S2/c1-36-17-7-13(24)14(26-23(33)27-16-10-37-20(22(31)32)19(16)21(29)30)8-15(17)28-38(34,35)18-4-2-3-11-5-6-25-9-12(11)18/h2-10,28H,1H3,(H,29,30)(H,31,32)(H2,26,27,33). The Hall–Kier alpha value is -4.76. The lowest BCUT2D eigenvalue weighted by atomic mass is 10.2. The van der Waals surface area contributed by atoms with Crippen LogP contribution in [0.4, 0.5) is 26.2 Å². The number of aromatic nitrogens is 1. The van der Waals surface area contributed by atoms with Crippen molar-refractivity contribution >= 4 is 67.2 Å². The van der Waals surface area contributed by atoms with Crippen LogP contribution in [0.1, 0.15) is 20.0 Å². The molecule has 0 bridgehead atoms. The molecule has 2 aromatic carbocycles. The first kappa shape index (κ1) is 26.3. The topological polar surface area (TPSA) is 184 Å². The van der Waals surface area contributed by atoms with Gasteiger partial charge in [0.1, 0.15) is 16.2 Å². The predicted octanol–water partition coefficient (Wildman–Crippen LogP) is 4.29. The summed E-state index contributed by atoms with van der Waals surface area (Å²) in [7, 11) is -3.05. The van der Waals surface area contributed by atoms with Crippen molar-refractivity contribution in [3.8, 4) is 5.75 Å². The number of methoxy groups -OCH3 is 1. The first-order valence-corrected chi connectivity index (χ1v) is 12.8. The molecule has 0 saturated heterocycles. The summed E-state index contributed by atoms with van der Waals surface area (Å²) < 4.78 is 48.6. The van der Waals surface area contributed by atoms with Crippen LogP contribution in [0.3, 0.4) is 0 Å². The molecule has 0 radical (unpaired) electrons. The normalized spacial score (nSPS) is 11.1. The summed E-state index contributed by atoms with van der Waals surface area (Å²) in [6.07, 6.45) is 2.89. The summed E-state index contributed by atoms with van der Waals surface area (Å²) in [5, 5.41) is 24.8. The number of carbonyl (C=O) groups excluding carboxylic acids is 1. The number of nitrogens with one attached hydrogen (secondary N) is 3. The third kappa shape index (κ3) is 5.18. The lowest BCUT2D eigenvalue weighted by molar-refractivity contribution is 0.0657. The van der Waals surface area contributed by atoms with Crippen molar-refractivity contribution in [3.05, 3.63) is 70.4 Å². The molecule has 0 spiro atoms. The molecular formula is C23H17FN4O8S2. The van der Waals surface area contributed by atoms with Crippen LogP contribution in [0.2, 0.25) is 0 Å². The molecule has 0 saturated carbocycles. The van der Waals surface area contributed by atoms with Crippen LogP contribution in [0.25, 0.3) is 10.8 Å². The average molecular weight is 561 g/mol. The van der Waals surface area contributed by atoms with Gasteiger partial charge in [-0.15, -0.1) is 11.3 Å². The highest BCUT2D eigenvalue weighted by atomic mass is 32.2. The van der Waals surface area contributed by atoms with Crippen LogP contribution in [-0.2, 0) is 10.0 Å². The number of hydrogen-bond acceptors (Lipinski definition) is 8. The number of anilines is 3. The molecule has 2 heterocycles. The number of benzene rings is 2. The van der Waals surface area contributed by atoms with Crippen LogP contribution in [0.15, 0.2) is 59.1 Å². The summed E-state index contributed by atoms with van der Waals surface area (Å²) >= 11 is 0.582. The van der Waals surface area contributed by atoms with Gasteiger partial charge in [-0.2, -0.15) is 0 Å². The molecule has 4 rings (SSSR count). The number of hydrogen-bond donors (Lipinski definition) is 5. The van der Waals surface area contributed by atoms with Crippen molar-refractivity contribution < 1.29 is 42.1 Å². The largest absolute Gasteiger partial charge is 0.494 e. The maximum atomic E-state index is 14.7. The van der Waals surface area contributed by atoms with E-state index >= 15 is 0 Å². The van der Waals surface area contributed by atoms with Crippen LogP contribution in [0.5, 0.6) is 5.75 Å². The highest BCUT2D eigenvalue weighted by Crippen LogP contribution is 2.34. The number of thiophene rings is 1. The maximum Gasteiger partial charge on any atom is 0.346 e. The quantitative estimate of drug-likeness (QED) is 0.210. The van der Waals surface area contributed by atoms with Crippen molar-refractivity contribution in [2.24, 2.45) is 0 Å². The predicted molar refractivity (Wildman–Crippen MR) is 136 cm³/mol. The Morgan fingerprint density at radius 2 is 1.76 bits per heavy atom. The monoisotopic (exact) mass is 560 g/mol. The molecule has 2 aromatic heterocycles. The number of pyridine rings is 1. The van der Waals surface area contributed by atoms with E-state index < -0.39 is 49.9 Å². The zero-order chi connectivity index (χ0) is 27.6. The van der Waals surface area contributed by atoms with Gasteiger partial charge in [0.15, 0.2) is 5.82 Å². The minimum atomic E-state index is -4.24. The fourth-order valence-corrected chi connectivity index (χ4v) is 5.62. The lowest BCUT2D eigenvalue weighted by Crippen LogP contribution is -2.22. The Kier molecular flexibility index (Phi) is 7.14. The van der Waals surface area contributed by atoms with Gasteiger partial charge in [-0.1, -0.05) is 12.1 Å². The number of fused-ring (bicyclic) bond motifs is 1. The van der Waals surface area contributed by atoms with Crippen molar-refractivity contribution in [1.82, 2.24) is 4.98 Å². The summed E-state index contributed by atoms with van der Waals surface area (Å²) in [5.74, 6) is -4.27. The second-order valence-corrected chi connectivity index (χ2v) is 10.1. The molecule has 0 fully saturated rings. The molecule has 5 N–H and O–H groups in total. The van der Waals surface area contributed by atoms with E-state index in [0.717, 1.165) is 17.5 Å². The van der Waals surface area contributed by atoms with Crippen LogP contribution in [-0.4, -0.2) is 48.7 Å². The number of carboxylic acid groups (broad SMARTS) is 2. The van der Waals surface area contributed by atoms with Crippen molar-refractivity contribution in [1.29, 1.82) is 0 Å². The molecule has 0 atom stereocenters. The minimum Gasteiger partial charge on any atom is -0.494 e. The smallest absolute Gasteiger partial charge is 0.346 e. The number of carbonyl (C=O) groups is 3. The van der Waals surface area contributed by atoms with Gasteiger partial charge in [-0.05, 0) is 23.6 Å². The lowest BCUT2D eigenvalue weighted by Gasteiger charge is -2.16. The highest BCUT2D eigenvalue weighted by molar-refractivity contribution is 7.93. The van der Waals surface area contributed by atoms with Crippen LogP contribution in [0, 0.1) is 5.82 Å². The number of urea groups is 1. The fraction of sp³-hybridized carbons (Fsp3) is 0.0435. The molecule has 0 aliphatic rings. The van der Waals surface area contributed by atoms with Crippen molar-refractivity contribution in [2.45, 2.75) is 4.90 Å². The van der Waals surface area contributed by atoms with E-state index in [1.807, 2.05) is 0 Å². The number of sulfonamides is 1. The molecular weight excluding hydrogens is 543 g/mol. The number of nitrogens with zero attached hydrogens (tertiary/aromatic N) is 1. The van der Waals surface area contributed by atoms with E-state index in [-0.39, 0.29) is 22.0 Å². The van der Waals surface area contributed by atoms with Gasteiger partial charge in [0.05, 0.1) is 29.1 Å².